The van der Waals surface area contributed by atoms with Crippen molar-refractivity contribution in [3.63, 3.8) is 0 Å². The number of nitrogens with one attached hydrogen (secondary N) is 1. The number of aromatic amines is 1. The molecule has 0 unspecified atom stereocenters. The van der Waals surface area contributed by atoms with Gasteiger partial charge in [-0.1, -0.05) is 0 Å². The van der Waals surface area contributed by atoms with E-state index < -0.39 is 9.05 Å². The molecule has 7 heteroatoms. The van der Waals surface area contributed by atoms with E-state index in [2.05, 4.69) is 4.98 Å². The fraction of sp³-hybridized carbons (Fsp3) is 0.222. The van der Waals surface area contributed by atoms with Crippen LogP contribution in [0.2, 0.25) is 0 Å². The smallest absolute Gasteiger partial charge is 0.274 e. The maximum absolute atomic E-state index is 11.8. The van der Waals surface area contributed by atoms with Crippen molar-refractivity contribution in [1.29, 1.82) is 0 Å². The van der Waals surface area contributed by atoms with Gasteiger partial charge in [0, 0.05) is 35.0 Å². The average molecular weight is 261 g/mol. The fourth-order valence-electron chi connectivity index (χ4n) is 1.59. The number of aryl methyl sites for hydroxylation is 1. The SMILES string of the molecule is CCn1ccc2c(S(=O)(=O)Cl)c[nH]c2c1=O. The zero-order valence-corrected chi connectivity index (χ0v) is 9.97. The van der Waals surface area contributed by atoms with Gasteiger partial charge < -0.3 is 9.55 Å². The van der Waals surface area contributed by atoms with Crippen molar-refractivity contribution >= 4 is 30.6 Å². The monoisotopic (exact) mass is 260 g/mol. The molecule has 0 aliphatic heterocycles. The summed E-state index contributed by atoms with van der Waals surface area (Å²) in [5, 5.41) is 0.324. The number of halogens is 1. The quantitative estimate of drug-likeness (QED) is 0.827. The molecule has 0 atom stereocenters. The van der Waals surface area contributed by atoms with Crippen molar-refractivity contribution in [3.05, 3.63) is 28.8 Å². The first kappa shape index (κ1) is 11.2. The number of pyridine rings is 1. The molecule has 2 aromatic heterocycles. The van der Waals surface area contributed by atoms with Gasteiger partial charge >= 0.3 is 0 Å². The molecule has 0 aromatic carbocycles. The normalized spacial score (nSPS) is 12.1. The van der Waals surface area contributed by atoms with Gasteiger partial charge in [0.15, 0.2) is 0 Å². The van der Waals surface area contributed by atoms with Gasteiger partial charge in [-0.25, -0.2) is 8.42 Å². The lowest BCUT2D eigenvalue weighted by Crippen LogP contribution is -2.18. The Morgan fingerprint density at radius 2 is 2.19 bits per heavy atom. The highest BCUT2D eigenvalue weighted by molar-refractivity contribution is 8.14. The first-order chi connectivity index (χ1) is 7.45. The molecule has 2 rings (SSSR count). The molecule has 2 aromatic rings. The van der Waals surface area contributed by atoms with E-state index in [4.69, 9.17) is 10.7 Å². The van der Waals surface area contributed by atoms with Gasteiger partial charge in [-0.15, -0.1) is 0 Å². The molecule has 1 N–H and O–H groups in total. The lowest BCUT2D eigenvalue weighted by molar-refractivity contribution is 0.610. The van der Waals surface area contributed by atoms with Crippen LogP contribution < -0.4 is 5.56 Å². The summed E-state index contributed by atoms with van der Waals surface area (Å²) >= 11 is 0. The van der Waals surface area contributed by atoms with Crippen molar-refractivity contribution in [2.24, 2.45) is 0 Å². The number of hydrogen-bond acceptors (Lipinski definition) is 3. The summed E-state index contributed by atoms with van der Waals surface area (Å²) < 4.78 is 23.9. The topological polar surface area (TPSA) is 71.9 Å². The molecule has 0 bridgehead atoms. The fourth-order valence-corrected chi connectivity index (χ4v) is 2.60. The van der Waals surface area contributed by atoms with Crippen LogP contribution in [-0.4, -0.2) is 18.0 Å². The van der Waals surface area contributed by atoms with E-state index in [0.717, 1.165) is 0 Å². The number of aromatic nitrogens is 2. The van der Waals surface area contributed by atoms with E-state index in [0.29, 0.717) is 11.9 Å². The summed E-state index contributed by atoms with van der Waals surface area (Å²) in [6.45, 7) is 2.35. The molecular formula is C9H9ClN2O3S. The number of fused-ring (bicyclic) bond motifs is 1. The maximum atomic E-state index is 11.8. The van der Waals surface area contributed by atoms with Crippen LogP contribution in [0.25, 0.3) is 10.9 Å². The highest BCUT2D eigenvalue weighted by atomic mass is 35.7. The highest BCUT2D eigenvalue weighted by Crippen LogP contribution is 2.23. The summed E-state index contributed by atoms with van der Waals surface area (Å²) in [5.74, 6) is 0. The third kappa shape index (κ3) is 1.64. The molecule has 16 heavy (non-hydrogen) atoms. The van der Waals surface area contributed by atoms with E-state index in [9.17, 15) is 13.2 Å². The Hall–Kier alpha value is -1.27. The minimum Gasteiger partial charge on any atom is -0.355 e. The maximum Gasteiger partial charge on any atom is 0.274 e. The average Bonchev–Trinajstić information content (AvgIpc) is 2.62. The third-order valence-corrected chi connectivity index (χ3v) is 3.74. The van der Waals surface area contributed by atoms with Crippen LogP contribution in [0.1, 0.15) is 6.92 Å². The van der Waals surface area contributed by atoms with Gasteiger partial charge in [0.25, 0.3) is 14.6 Å². The molecule has 0 aliphatic carbocycles. The minimum atomic E-state index is -3.83. The number of hydrogen-bond donors (Lipinski definition) is 1. The van der Waals surface area contributed by atoms with Gasteiger partial charge in [-0.05, 0) is 13.0 Å². The minimum absolute atomic E-state index is 0.0653. The van der Waals surface area contributed by atoms with Crippen molar-refractivity contribution in [2.75, 3.05) is 0 Å². The van der Waals surface area contributed by atoms with Crippen LogP contribution in [-0.2, 0) is 15.6 Å². The predicted octanol–water partition coefficient (Wildman–Crippen LogP) is 1.28. The Bertz CT molecular complexity index is 699. The third-order valence-electron chi connectivity index (χ3n) is 2.38. The Kier molecular flexibility index (Phi) is 2.55. The highest BCUT2D eigenvalue weighted by Gasteiger charge is 2.17. The molecule has 0 fully saturated rings. The number of H-pyrrole nitrogens is 1. The lowest BCUT2D eigenvalue weighted by atomic mass is 10.3. The second kappa shape index (κ2) is 3.64. The van der Waals surface area contributed by atoms with E-state index >= 15 is 0 Å². The predicted molar refractivity (Wildman–Crippen MR) is 61.3 cm³/mol. The number of nitrogens with zero attached hydrogens (tertiary/aromatic N) is 1. The summed E-state index contributed by atoms with van der Waals surface area (Å²) in [4.78, 5) is 14.4. The zero-order chi connectivity index (χ0) is 11.9. The van der Waals surface area contributed by atoms with Gasteiger partial charge in [0.05, 0.1) is 0 Å². The Morgan fingerprint density at radius 1 is 1.50 bits per heavy atom. The molecule has 2 heterocycles. The van der Waals surface area contributed by atoms with Crippen molar-refractivity contribution in [3.8, 4) is 0 Å². The molecule has 0 spiro atoms. The first-order valence-electron chi connectivity index (χ1n) is 4.60. The van der Waals surface area contributed by atoms with E-state index in [1.54, 1.807) is 12.3 Å². The molecule has 0 aliphatic rings. The van der Waals surface area contributed by atoms with E-state index in [1.165, 1.54) is 10.8 Å². The molecule has 0 radical (unpaired) electrons. The number of rotatable bonds is 2. The van der Waals surface area contributed by atoms with Gasteiger partial charge in [-0.2, -0.15) is 0 Å². The molecule has 5 nitrogen and oxygen atoms in total. The summed E-state index contributed by atoms with van der Waals surface area (Å²) in [6, 6.07) is 1.56. The summed E-state index contributed by atoms with van der Waals surface area (Å²) in [5.41, 5.74) is -0.00450. The van der Waals surface area contributed by atoms with Crippen LogP contribution in [0, 0.1) is 0 Å². The van der Waals surface area contributed by atoms with Crippen LogP contribution in [0.4, 0.5) is 0 Å². The summed E-state index contributed by atoms with van der Waals surface area (Å²) in [7, 11) is 1.42. The van der Waals surface area contributed by atoms with Crippen LogP contribution in [0.5, 0.6) is 0 Å². The second-order valence-electron chi connectivity index (χ2n) is 3.29. The standard InChI is InChI=1S/C9H9ClN2O3S/c1-2-12-4-3-6-7(16(10,14)15)5-11-8(6)9(12)13/h3-5,11H,2H2,1H3. The molecule has 0 saturated carbocycles. The van der Waals surface area contributed by atoms with E-state index in [1.807, 2.05) is 6.92 Å². The zero-order valence-electron chi connectivity index (χ0n) is 8.40. The Labute approximate surface area is 96.1 Å². The van der Waals surface area contributed by atoms with Crippen LogP contribution in [0.3, 0.4) is 0 Å². The van der Waals surface area contributed by atoms with Crippen molar-refractivity contribution in [2.45, 2.75) is 18.4 Å². The van der Waals surface area contributed by atoms with Gasteiger partial charge in [-0.3, -0.25) is 4.79 Å². The molecular weight excluding hydrogens is 252 g/mol. The lowest BCUT2D eigenvalue weighted by Gasteiger charge is -2.00. The van der Waals surface area contributed by atoms with Crippen LogP contribution >= 0.6 is 10.7 Å². The van der Waals surface area contributed by atoms with Gasteiger partial charge in [0.2, 0.25) is 0 Å². The Balaban J connectivity index is 2.88. The van der Waals surface area contributed by atoms with Crippen molar-refractivity contribution in [1.82, 2.24) is 9.55 Å². The molecule has 0 amide bonds. The Morgan fingerprint density at radius 3 is 2.75 bits per heavy atom. The second-order valence-corrected chi connectivity index (χ2v) is 5.82. The van der Waals surface area contributed by atoms with Gasteiger partial charge in [0.1, 0.15) is 10.4 Å². The largest absolute Gasteiger partial charge is 0.355 e. The molecule has 86 valence electrons. The van der Waals surface area contributed by atoms with Crippen LogP contribution in [0.15, 0.2) is 28.2 Å². The van der Waals surface area contributed by atoms with E-state index in [-0.39, 0.29) is 16.0 Å². The molecule has 0 saturated heterocycles. The summed E-state index contributed by atoms with van der Waals surface area (Å²) in [6.07, 6.45) is 2.78. The van der Waals surface area contributed by atoms with Crippen molar-refractivity contribution < 1.29 is 8.42 Å². The first-order valence-corrected chi connectivity index (χ1v) is 6.91.